The highest BCUT2D eigenvalue weighted by Gasteiger charge is 2.36. The Morgan fingerprint density at radius 3 is 2.26 bits per heavy atom. The molecule has 4 aromatic rings. The van der Waals surface area contributed by atoms with Gasteiger partial charge in [-0.15, -0.1) is 0 Å². The lowest BCUT2D eigenvalue weighted by Crippen LogP contribution is -2.54. The smallest absolute Gasteiger partial charge is 0.335 e. The number of carbonyl (C=O) groups excluding carboxylic acids is 3. The molecule has 0 unspecified atom stereocenters. The maximum absolute atomic E-state index is 13.4. The second-order valence-electron chi connectivity index (χ2n) is 9.25. The van der Waals surface area contributed by atoms with E-state index in [1.54, 1.807) is 48.5 Å². The number of imide groups is 2. The minimum Gasteiger partial charge on any atom is -0.490 e. The standard InChI is InChI=1S/C33H27ClN2O6/c1-2-40-30-19-23(12-17-29(30)42-20-22-8-4-3-5-9-22)18-27-31(37)35-33(39)36(32(27)38)25-13-15-26(16-14-25)41-21-24-10-6-7-11-28(24)34/h3-19H,2,20-21H2,1H3,(H,35,37,39)/b27-18+. The van der Waals surface area contributed by atoms with Gasteiger partial charge in [-0.25, -0.2) is 9.69 Å². The van der Waals surface area contributed by atoms with Crippen LogP contribution >= 0.6 is 11.6 Å². The minimum absolute atomic E-state index is 0.200. The SMILES string of the molecule is CCOc1cc(/C=C2\C(=O)NC(=O)N(c3ccc(OCc4ccccc4Cl)cc3)C2=O)ccc1OCc1ccccc1. The van der Waals surface area contributed by atoms with Crippen LogP contribution in [0.2, 0.25) is 5.02 Å². The first kappa shape index (κ1) is 28.4. The summed E-state index contributed by atoms with van der Waals surface area (Å²) in [4.78, 5) is 39.7. The number of barbiturate groups is 1. The summed E-state index contributed by atoms with van der Waals surface area (Å²) in [5.74, 6) is -0.0322. The Bertz CT molecular complexity index is 1640. The van der Waals surface area contributed by atoms with E-state index in [1.165, 1.54) is 6.08 Å². The van der Waals surface area contributed by atoms with Crippen LogP contribution in [-0.4, -0.2) is 24.5 Å². The largest absolute Gasteiger partial charge is 0.490 e. The highest BCUT2D eigenvalue weighted by Crippen LogP contribution is 2.31. The van der Waals surface area contributed by atoms with Crippen LogP contribution < -0.4 is 24.4 Å². The summed E-state index contributed by atoms with van der Waals surface area (Å²) in [6.45, 7) is 2.84. The number of anilines is 1. The number of nitrogens with zero attached hydrogens (tertiary/aromatic N) is 1. The van der Waals surface area contributed by atoms with Gasteiger partial charge in [0.05, 0.1) is 12.3 Å². The van der Waals surface area contributed by atoms with Crippen molar-refractivity contribution in [3.8, 4) is 17.2 Å². The van der Waals surface area contributed by atoms with E-state index in [4.69, 9.17) is 25.8 Å². The molecule has 5 rings (SSSR count). The molecule has 0 atom stereocenters. The van der Waals surface area contributed by atoms with Crippen molar-refractivity contribution in [1.82, 2.24) is 5.32 Å². The predicted octanol–water partition coefficient (Wildman–Crippen LogP) is 6.56. The van der Waals surface area contributed by atoms with Crippen molar-refractivity contribution >= 4 is 41.2 Å². The lowest BCUT2D eigenvalue weighted by atomic mass is 10.1. The van der Waals surface area contributed by atoms with Gasteiger partial charge in [0.25, 0.3) is 11.8 Å². The van der Waals surface area contributed by atoms with Crippen LogP contribution in [0.5, 0.6) is 17.2 Å². The molecule has 0 radical (unpaired) electrons. The zero-order valence-electron chi connectivity index (χ0n) is 22.7. The number of nitrogens with one attached hydrogen (secondary N) is 1. The van der Waals surface area contributed by atoms with E-state index in [0.717, 1.165) is 16.0 Å². The number of ether oxygens (including phenoxy) is 3. The molecule has 0 bridgehead atoms. The number of benzene rings is 4. The van der Waals surface area contributed by atoms with Crippen LogP contribution in [-0.2, 0) is 22.8 Å². The number of hydrogen-bond donors (Lipinski definition) is 1. The second kappa shape index (κ2) is 13.1. The molecule has 1 N–H and O–H groups in total. The topological polar surface area (TPSA) is 94.2 Å². The van der Waals surface area contributed by atoms with Gasteiger partial charge in [-0.2, -0.15) is 0 Å². The van der Waals surface area contributed by atoms with E-state index in [1.807, 2.05) is 55.5 Å². The summed E-state index contributed by atoms with van der Waals surface area (Å²) >= 11 is 6.19. The van der Waals surface area contributed by atoms with Gasteiger partial charge in [-0.3, -0.25) is 14.9 Å². The Balaban J connectivity index is 1.33. The first-order valence-electron chi connectivity index (χ1n) is 13.2. The summed E-state index contributed by atoms with van der Waals surface area (Å²) in [6.07, 6.45) is 1.42. The molecule has 4 amide bonds. The molecule has 0 spiro atoms. The van der Waals surface area contributed by atoms with Crippen molar-refractivity contribution in [1.29, 1.82) is 0 Å². The zero-order chi connectivity index (χ0) is 29.5. The van der Waals surface area contributed by atoms with Crippen molar-refractivity contribution in [2.24, 2.45) is 0 Å². The van der Waals surface area contributed by atoms with Crippen molar-refractivity contribution in [2.45, 2.75) is 20.1 Å². The molecule has 0 saturated carbocycles. The number of halogens is 1. The van der Waals surface area contributed by atoms with Crippen molar-refractivity contribution in [3.63, 3.8) is 0 Å². The number of rotatable bonds is 10. The summed E-state index contributed by atoms with van der Waals surface area (Å²) in [5, 5.41) is 2.84. The van der Waals surface area contributed by atoms with E-state index in [0.29, 0.717) is 41.0 Å². The molecule has 8 nitrogen and oxygen atoms in total. The first-order valence-corrected chi connectivity index (χ1v) is 13.6. The van der Waals surface area contributed by atoms with Crippen LogP contribution in [0.25, 0.3) is 6.08 Å². The number of carbonyl (C=O) groups is 3. The molecule has 212 valence electrons. The average Bonchev–Trinajstić information content (AvgIpc) is 3.00. The van der Waals surface area contributed by atoms with Crippen molar-refractivity contribution in [3.05, 3.63) is 124 Å². The summed E-state index contributed by atoms with van der Waals surface area (Å²) in [6, 6.07) is 27.7. The molecule has 0 aliphatic carbocycles. The van der Waals surface area contributed by atoms with Crippen LogP contribution in [0, 0.1) is 0 Å². The third-order valence-corrected chi connectivity index (χ3v) is 6.73. The quantitative estimate of drug-likeness (QED) is 0.168. The van der Waals surface area contributed by atoms with E-state index in [9.17, 15) is 14.4 Å². The second-order valence-corrected chi connectivity index (χ2v) is 9.65. The fourth-order valence-corrected chi connectivity index (χ4v) is 4.45. The van der Waals surface area contributed by atoms with Gasteiger partial charge in [-0.05, 0) is 66.6 Å². The average molecular weight is 583 g/mol. The number of amides is 4. The van der Waals surface area contributed by atoms with Gasteiger partial charge in [0.15, 0.2) is 11.5 Å². The Morgan fingerprint density at radius 2 is 1.52 bits per heavy atom. The molecule has 0 aromatic heterocycles. The van der Waals surface area contributed by atoms with Gasteiger partial charge >= 0.3 is 6.03 Å². The van der Waals surface area contributed by atoms with Crippen LogP contribution in [0.4, 0.5) is 10.5 Å². The fourth-order valence-electron chi connectivity index (χ4n) is 4.26. The monoisotopic (exact) mass is 582 g/mol. The predicted molar refractivity (Wildman–Crippen MR) is 160 cm³/mol. The molecular weight excluding hydrogens is 556 g/mol. The van der Waals surface area contributed by atoms with E-state index < -0.39 is 17.8 Å². The van der Waals surface area contributed by atoms with Gasteiger partial charge in [-0.1, -0.05) is 66.2 Å². The lowest BCUT2D eigenvalue weighted by molar-refractivity contribution is -0.122. The lowest BCUT2D eigenvalue weighted by Gasteiger charge is -2.26. The van der Waals surface area contributed by atoms with Crippen LogP contribution in [0.3, 0.4) is 0 Å². The van der Waals surface area contributed by atoms with E-state index >= 15 is 0 Å². The van der Waals surface area contributed by atoms with Gasteiger partial charge in [0.1, 0.15) is 24.5 Å². The van der Waals surface area contributed by atoms with Gasteiger partial charge in [0, 0.05) is 10.6 Å². The molecule has 1 fully saturated rings. The third kappa shape index (κ3) is 6.62. The van der Waals surface area contributed by atoms with E-state index in [2.05, 4.69) is 5.32 Å². The molecule has 1 saturated heterocycles. The molecule has 9 heteroatoms. The molecule has 42 heavy (non-hydrogen) atoms. The first-order chi connectivity index (χ1) is 20.4. The maximum atomic E-state index is 13.4. The van der Waals surface area contributed by atoms with Crippen LogP contribution in [0.15, 0.2) is 103 Å². The molecule has 4 aromatic carbocycles. The third-order valence-electron chi connectivity index (χ3n) is 6.36. The molecule has 1 aliphatic heterocycles. The summed E-state index contributed by atoms with van der Waals surface area (Å²) in [5.41, 5.74) is 2.43. The van der Waals surface area contributed by atoms with Gasteiger partial charge in [0.2, 0.25) is 0 Å². The molecular formula is C33H27ClN2O6. The molecule has 1 aliphatic rings. The zero-order valence-corrected chi connectivity index (χ0v) is 23.5. The number of hydrogen-bond acceptors (Lipinski definition) is 6. The minimum atomic E-state index is -0.841. The van der Waals surface area contributed by atoms with Crippen molar-refractivity contribution < 1.29 is 28.6 Å². The van der Waals surface area contributed by atoms with E-state index in [-0.39, 0.29) is 17.9 Å². The Hall–Kier alpha value is -5.08. The summed E-state index contributed by atoms with van der Waals surface area (Å²) in [7, 11) is 0. The van der Waals surface area contributed by atoms with Crippen LogP contribution in [0.1, 0.15) is 23.6 Å². The molecule has 1 heterocycles. The Kier molecular flexibility index (Phi) is 8.84. The van der Waals surface area contributed by atoms with Gasteiger partial charge < -0.3 is 14.2 Å². The Labute approximate surface area is 248 Å². The summed E-state index contributed by atoms with van der Waals surface area (Å²) < 4.78 is 17.5. The highest BCUT2D eigenvalue weighted by molar-refractivity contribution is 6.39. The number of urea groups is 1. The Morgan fingerprint density at radius 1 is 0.786 bits per heavy atom. The normalized spacial score (nSPS) is 14.1. The highest BCUT2D eigenvalue weighted by atomic mass is 35.5. The fraction of sp³-hybridized carbons (Fsp3) is 0.121. The van der Waals surface area contributed by atoms with Crippen molar-refractivity contribution in [2.75, 3.05) is 11.5 Å². The maximum Gasteiger partial charge on any atom is 0.335 e.